The smallest absolute Gasteiger partial charge is 0.406 e. The minimum absolute atomic E-state index is 0.178. The zero-order valence-electron chi connectivity index (χ0n) is 15.5. The number of hydrogen-bond donors (Lipinski definition) is 1. The number of benzene rings is 2. The van der Waals surface area contributed by atoms with Crippen molar-refractivity contribution in [3.8, 4) is 5.75 Å². The molecule has 0 aliphatic rings. The third-order valence-corrected chi connectivity index (χ3v) is 4.48. The van der Waals surface area contributed by atoms with Gasteiger partial charge in [-0.3, -0.25) is 4.79 Å². The Morgan fingerprint density at radius 1 is 1.10 bits per heavy atom. The fourth-order valence-corrected chi connectivity index (χ4v) is 3.04. The van der Waals surface area contributed by atoms with Crippen molar-refractivity contribution in [2.75, 3.05) is 5.32 Å². The van der Waals surface area contributed by atoms with Gasteiger partial charge in [-0.1, -0.05) is 41.4 Å². The van der Waals surface area contributed by atoms with E-state index in [0.717, 1.165) is 23.3 Å². The molecule has 3 aromatic rings. The average molecular weight is 424 g/mol. The Bertz CT molecular complexity index is 1010. The van der Waals surface area contributed by atoms with E-state index >= 15 is 0 Å². The summed E-state index contributed by atoms with van der Waals surface area (Å²) in [6.45, 7) is 4.04. The van der Waals surface area contributed by atoms with Crippen molar-refractivity contribution in [3.05, 3.63) is 76.1 Å². The number of alkyl halides is 3. The number of carbonyl (C=O) groups is 1. The van der Waals surface area contributed by atoms with Crippen molar-refractivity contribution in [2.24, 2.45) is 0 Å². The lowest BCUT2D eigenvalue weighted by molar-refractivity contribution is -0.274. The molecule has 0 bridgehead atoms. The van der Waals surface area contributed by atoms with Crippen LogP contribution in [0.25, 0.3) is 0 Å². The largest absolute Gasteiger partial charge is 0.573 e. The van der Waals surface area contributed by atoms with Crippen molar-refractivity contribution >= 4 is 23.2 Å². The van der Waals surface area contributed by atoms with E-state index in [9.17, 15) is 18.0 Å². The predicted molar refractivity (Wildman–Crippen MR) is 103 cm³/mol. The predicted octanol–water partition coefficient (Wildman–Crippen LogP) is 5.35. The highest BCUT2D eigenvalue weighted by Gasteiger charge is 2.31. The standard InChI is InChI=1S/C20H17ClF3N3O2/c1-12-3-5-14(6-4-12)11-27-18(21)17(13(2)26-27)19(28)25-15-7-9-16(10-8-15)29-20(22,23)24/h3-10H,11H2,1-2H3,(H,25,28). The van der Waals surface area contributed by atoms with Crippen molar-refractivity contribution in [3.63, 3.8) is 0 Å². The summed E-state index contributed by atoms with van der Waals surface area (Å²) in [5.74, 6) is -0.886. The Hall–Kier alpha value is -3.00. The maximum Gasteiger partial charge on any atom is 0.573 e. The number of nitrogens with one attached hydrogen (secondary N) is 1. The van der Waals surface area contributed by atoms with Gasteiger partial charge in [0.15, 0.2) is 0 Å². The molecule has 152 valence electrons. The summed E-state index contributed by atoms with van der Waals surface area (Å²) in [7, 11) is 0. The zero-order valence-corrected chi connectivity index (χ0v) is 16.3. The summed E-state index contributed by atoms with van der Waals surface area (Å²) < 4.78 is 42.0. The summed E-state index contributed by atoms with van der Waals surface area (Å²) in [6.07, 6.45) is -4.78. The van der Waals surface area contributed by atoms with Crippen LogP contribution < -0.4 is 10.1 Å². The summed E-state index contributed by atoms with van der Waals surface area (Å²) in [6, 6.07) is 12.7. The Morgan fingerprint density at radius 3 is 2.31 bits per heavy atom. The first kappa shape index (κ1) is 20.7. The van der Waals surface area contributed by atoms with Crippen LogP contribution in [0.15, 0.2) is 48.5 Å². The van der Waals surface area contributed by atoms with Crippen LogP contribution in [0.4, 0.5) is 18.9 Å². The van der Waals surface area contributed by atoms with Gasteiger partial charge in [-0.25, -0.2) is 4.68 Å². The SMILES string of the molecule is Cc1ccc(Cn2nc(C)c(C(=O)Nc3ccc(OC(F)(F)F)cc3)c2Cl)cc1. The van der Waals surface area contributed by atoms with Crippen LogP contribution in [-0.4, -0.2) is 22.1 Å². The number of nitrogens with zero attached hydrogens (tertiary/aromatic N) is 2. The number of amides is 1. The van der Waals surface area contributed by atoms with Gasteiger partial charge < -0.3 is 10.1 Å². The number of ether oxygens (including phenoxy) is 1. The molecule has 0 fully saturated rings. The molecular weight excluding hydrogens is 407 g/mol. The third-order valence-electron chi connectivity index (χ3n) is 4.09. The van der Waals surface area contributed by atoms with E-state index in [1.807, 2.05) is 31.2 Å². The first-order valence-electron chi connectivity index (χ1n) is 8.58. The first-order chi connectivity index (χ1) is 13.6. The highest BCUT2D eigenvalue weighted by atomic mass is 35.5. The maximum absolute atomic E-state index is 12.6. The molecule has 0 spiro atoms. The second kappa shape index (κ2) is 8.16. The number of rotatable bonds is 5. The van der Waals surface area contributed by atoms with Crippen LogP contribution in [0.2, 0.25) is 5.15 Å². The molecule has 1 heterocycles. The number of carbonyl (C=O) groups excluding carboxylic acids is 1. The molecule has 3 rings (SSSR count). The number of halogens is 4. The van der Waals surface area contributed by atoms with E-state index in [1.165, 1.54) is 16.8 Å². The Morgan fingerprint density at radius 2 is 1.72 bits per heavy atom. The number of aryl methyl sites for hydroxylation is 2. The third kappa shape index (κ3) is 5.29. The molecule has 2 aromatic carbocycles. The van der Waals surface area contributed by atoms with Gasteiger partial charge in [0.2, 0.25) is 0 Å². The minimum atomic E-state index is -4.78. The molecule has 0 saturated carbocycles. The number of anilines is 1. The molecule has 0 aliphatic heterocycles. The molecule has 5 nitrogen and oxygen atoms in total. The number of aromatic nitrogens is 2. The summed E-state index contributed by atoms with van der Waals surface area (Å²) in [5.41, 5.74) is 3.05. The average Bonchev–Trinajstić information content (AvgIpc) is 2.91. The van der Waals surface area contributed by atoms with Gasteiger partial charge in [-0.15, -0.1) is 13.2 Å². The van der Waals surface area contributed by atoms with Crippen LogP contribution in [0.5, 0.6) is 5.75 Å². The molecule has 9 heteroatoms. The van der Waals surface area contributed by atoms with Crippen molar-refractivity contribution in [1.29, 1.82) is 0 Å². The summed E-state index contributed by atoms with van der Waals surface area (Å²) >= 11 is 6.36. The van der Waals surface area contributed by atoms with E-state index in [1.54, 1.807) is 6.92 Å². The van der Waals surface area contributed by atoms with Crippen molar-refractivity contribution in [2.45, 2.75) is 26.8 Å². The highest BCUT2D eigenvalue weighted by molar-refractivity contribution is 6.33. The zero-order chi connectivity index (χ0) is 21.2. The van der Waals surface area contributed by atoms with Gasteiger partial charge in [-0.05, 0) is 43.7 Å². The van der Waals surface area contributed by atoms with Gasteiger partial charge in [0, 0.05) is 5.69 Å². The van der Waals surface area contributed by atoms with Gasteiger partial charge in [0.1, 0.15) is 10.9 Å². The van der Waals surface area contributed by atoms with Gasteiger partial charge >= 0.3 is 6.36 Å². The molecule has 1 N–H and O–H groups in total. The molecule has 1 amide bonds. The van der Waals surface area contributed by atoms with Crippen LogP contribution >= 0.6 is 11.6 Å². The molecule has 0 saturated heterocycles. The lowest BCUT2D eigenvalue weighted by atomic mass is 10.1. The second-order valence-electron chi connectivity index (χ2n) is 6.42. The van der Waals surface area contributed by atoms with E-state index in [2.05, 4.69) is 15.2 Å². The lowest BCUT2D eigenvalue weighted by Crippen LogP contribution is -2.17. The molecule has 0 aliphatic carbocycles. The van der Waals surface area contributed by atoms with E-state index < -0.39 is 12.3 Å². The van der Waals surface area contributed by atoms with Gasteiger partial charge in [0.05, 0.1) is 17.8 Å². The normalized spacial score (nSPS) is 11.4. The second-order valence-corrected chi connectivity index (χ2v) is 6.78. The first-order valence-corrected chi connectivity index (χ1v) is 8.96. The molecule has 29 heavy (non-hydrogen) atoms. The van der Waals surface area contributed by atoms with Crippen LogP contribution in [0.1, 0.15) is 27.2 Å². The van der Waals surface area contributed by atoms with Crippen molar-refractivity contribution < 1.29 is 22.7 Å². The van der Waals surface area contributed by atoms with Crippen LogP contribution in [0.3, 0.4) is 0 Å². The molecule has 0 unspecified atom stereocenters. The monoisotopic (exact) mass is 423 g/mol. The van der Waals surface area contributed by atoms with Gasteiger partial charge in [-0.2, -0.15) is 5.10 Å². The fraction of sp³-hybridized carbons (Fsp3) is 0.200. The Labute approximate surface area is 170 Å². The van der Waals surface area contributed by atoms with Crippen LogP contribution in [0, 0.1) is 13.8 Å². The van der Waals surface area contributed by atoms with E-state index in [4.69, 9.17) is 11.6 Å². The quantitative estimate of drug-likeness (QED) is 0.601. The maximum atomic E-state index is 12.6. The lowest BCUT2D eigenvalue weighted by Gasteiger charge is -2.10. The molecule has 0 atom stereocenters. The number of hydrogen-bond acceptors (Lipinski definition) is 3. The molecule has 1 aromatic heterocycles. The van der Waals surface area contributed by atoms with Crippen molar-refractivity contribution in [1.82, 2.24) is 9.78 Å². The highest BCUT2D eigenvalue weighted by Crippen LogP contribution is 2.26. The Kier molecular flexibility index (Phi) is 5.83. The van der Waals surface area contributed by atoms with E-state index in [0.29, 0.717) is 17.9 Å². The summed E-state index contributed by atoms with van der Waals surface area (Å²) in [4.78, 5) is 12.6. The van der Waals surface area contributed by atoms with Crippen LogP contribution in [-0.2, 0) is 6.54 Å². The topological polar surface area (TPSA) is 56.2 Å². The Balaban J connectivity index is 1.74. The minimum Gasteiger partial charge on any atom is -0.406 e. The fourth-order valence-electron chi connectivity index (χ4n) is 2.72. The van der Waals surface area contributed by atoms with E-state index in [-0.39, 0.29) is 16.5 Å². The van der Waals surface area contributed by atoms with Gasteiger partial charge in [0.25, 0.3) is 5.91 Å². The summed E-state index contributed by atoms with van der Waals surface area (Å²) in [5, 5.41) is 7.10. The molecule has 0 radical (unpaired) electrons. The molecular formula is C20H17ClF3N3O2.